The summed E-state index contributed by atoms with van der Waals surface area (Å²) < 4.78 is 5.60. The number of aryl methyl sites for hydroxylation is 1. The van der Waals surface area contributed by atoms with E-state index in [1.54, 1.807) is 0 Å². The first kappa shape index (κ1) is 9.25. The van der Waals surface area contributed by atoms with Gasteiger partial charge in [0.05, 0.1) is 5.54 Å². The monoisotopic (exact) mass is 189 g/mol. The smallest absolute Gasteiger partial charge is 0.187 e. The molecule has 0 radical (unpaired) electrons. The van der Waals surface area contributed by atoms with Gasteiger partial charge in [-0.1, -0.05) is 12.1 Å². The van der Waals surface area contributed by atoms with Crippen molar-refractivity contribution in [2.24, 2.45) is 4.99 Å². The maximum atomic E-state index is 5.60. The fraction of sp³-hybridized carbons (Fsp3) is 0.417. The first-order valence-corrected chi connectivity index (χ1v) is 4.84. The van der Waals surface area contributed by atoms with Crippen LogP contribution in [0.3, 0.4) is 0 Å². The lowest BCUT2D eigenvalue weighted by molar-refractivity contribution is 0.437. The lowest BCUT2D eigenvalue weighted by atomic mass is 9.92. The van der Waals surface area contributed by atoms with Gasteiger partial charge in [-0.2, -0.15) is 0 Å². The Morgan fingerprint density at radius 3 is 2.64 bits per heavy atom. The molecule has 0 fully saturated rings. The Morgan fingerprint density at radius 2 is 1.93 bits per heavy atom. The molecule has 0 spiro atoms. The third-order valence-electron chi connectivity index (χ3n) is 2.49. The maximum Gasteiger partial charge on any atom is 0.187 e. The largest absolute Gasteiger partial charge is 0.443 e. The fourth-order valence-corrected chi connectivity index (χ4v) is 1.86. The molecule has 1 aromatic rings. The Morgan fingerprint density at radius 1 is 1.21 bits per heavy atom. The van der Waals surface area contributed by atoms with Crippen molar-refractivity contribution >= 4 is 5.90 Å². The molecule has 2 heteroatoms. The minimum atomic E-state index is -0.161. The van der Waals surface area contributed by atoms with Gasteiger partial charge < -0.3 is 4.74 Å². The molecule has 0 bridgehead atoms. The van der Waals surface area contributed by atoms with Crippen molar-refractivity contribution in [1.82, 2.24) is 0 Å². The van der Waals surface area contributed by atoms with E-state index in [0.29, 0.717) is 0 Å². The van der Waals surface area contributed by atoms with Crippen LogP contribution in [0.4, 0.5) is 0 Å². The van der Waals surface area contributed by atoms with Gasteiger partial charge in [0.15, 0.2) is 5.90 Å². The zero-order valence-corrected chi connectivity index (χ0v) is 9.09. The average molecular weight is 189 g/mol. The summed E-state index contributed by atoms with van der Waals surface area (Å²) in [6.45, 7) is 8.17. The van der Waals surface area contributed by atoms with Gasteiger partial charge in [0.2, 0.25) is 0 Å². The third kappa shape index (κ3) is 1.41. The lowest BCUT2D eigenvalue weighted by Crippen LogP contribution is -2.24. The molecule has 0 saturated heterocycles. The van der Waals surface area contributed by atoms with E-state index in [9.17, 15) is 0 Å². The summed E-state index contributed by atoms with van der Waals surface area (Å²) in [4.78, 5) is 4.48. The predicted molar refractivity (Wildman–Crippen MR) is 57.9 cm³/mol. The lowest BCUT2D eigenvalue weighted by Gasteiger charge is -2.28. The van der Waals surface area contributed by atoms with Crippen molar-refractivity contribution < 1.29 is 4.74 Å². The number of hydrogen-bond acceptors (Lipinski definition) is 2. The summed E-state index contributed by atoms with van der Waals surface area (Å²) in [7, 11) is 0. The van der Waals surface area contributed by atoms with Crippen molar-refractivity contribution in [3.8, 4) is 5.75 Å². The van der Waals surface area contributed by atoms with Gasteiger partial charge in [0.25, 0.3) is 0 Å². The van der Waals surface area contributed by atoms with E-state index in [1.165, 1.54) is 5.56 Å². The number of fused-ring (bicyclic) bond motifs is 1. The third-order valence-corrected chi connectivity index (χ3v) is 2.49. The molecule has 0 aliphatic carbocycles. The van der Waals surface area contributed by atoms with Crippen molar-refractivity contribution in [2.45, 2.75) is 33.2 Å². The fourth-order valence-electron chi connectivity index (χ4n) is 1.86. The molecular formula is C12H15NO. The summed E-state index contributed by atoms with van der Waals surface area (Å²) >= 11 is 0. The highest BCUT2D eigenvalue weighted by Crippen LogP contribution is 2.36. The van der Waals surface area contributed by atoms with Gasteiger partial charge in [0.1, 0.15) is 5.75 Å². The molecule has 1 heterocycles. The molecule has 1 aliphatic rings. The van der Waals surface area contributed by atoms with Crippen LogP contribution in [-0.2, 0) is 5.54 Å². The van der Waals surface area contributed by atoms with Crippen molar-refractivity contribution in [2.75, 3.05) is 0 Å². The summed E-state index contributed by atoms with van der Waals surface area (Å²) in [5.74, 6) is 1.69. The van der Waals surface area contributed by atoms with Gasteiger partial charge in [-0.15, -0.1) is 0 Å². The normalized spacial score (nSPS) is 18.1. The number of rotatable bonds is 0. The van der Waals surface area contributed by atoms with Gasteiger partial charge in [-0.05, 0) is 32.4 Å². The summed E-state index contributed by atoms with van der Waals surface area (Å²) in [5.41, 5.74) is 2.22. The van der Waals surface area contributed by atoms with E-state index < -0.39 is 0 Å². The number of hydrogen-bond donors (Lipinski definition) is 0. The Hall–Kier alpha value is -1.31. The van der Waals surface area contributed by atoms with Crippen LogP contribution in [0.2, 0.25) is 0 Å². The second-order valence-electron chi connectivity index (χ2n) is 4.29. The van der Waals surface area contributed by atoms with E-state index in [0.717, 1.165) is 17.2 Å². The predicted octanol–water partition coefficient (Wildman–Crippen LogP) is 3.04. The van der Waals surface area contributed by atoms with Crippen LogP contribution in [0.25, 0.3) is 0 Å². The van der Waals surface area contributed by atoms with Crippen LogP contribution < -0.4 is 4.74 Å². The molecule has 0 atom stereocenters. The van der Waals surface area contributed by atoms with E-state index in [4.69, 9.17) is 4.74 Å². The van der Waals surface area contributed by atoms with Crippen LogP contribution in [0.1, 0.15) is 31.9 Å². The zero-order valence-electron chi connectivity index (χ0n) is 9.09. The SMILES string of the molecule is CC1=NC(C)(C)c2ccc(C)cc2O1. The van der Waals surface area contributed by atoms with Crippen LogP contribution in [0.5, 0.6) is 5.75 Å². The minimum absolute atomic E-state index is 0.161. The van der Waals surface area contributed by atoms with Crippen molar-refractivity contribution in [1.29, 1.82) is 0 Å². The van der Waals surface area contributed by atoms with E-state index in [2.05, 4.69) is 44.0 Å². The molecule has 74 valence electrons. The Bertz CT molecular complexity index is 405. The maximum absolute atomic E-state index is 5.60. The van der Waals surface area contributed by atoms with Crippen molar-refractivity contribution in [3.63, 3.8) is 0 Å². The van der Waals surface area contributed by atoms with Gasteiger partial charge in [-0.25, -0.2) is 4.99 Å². The molecule has 1 aromatic carbocycles. The van der Waals surface area contributed by atoms with E-state index in [-0.39, 0.29) is 5.54 Å². The highest BCUT2D eigenvalue weighted by molar-refractivity contribution is 5.79. The van der Waals surface area contributed by atoms with Crippen molar-refractivity contribution in [3.05, 3.63) is 29.3 Å². The number of ether oxygens (including phenoxy) is 1. The average Bonchev–Trinajstić information content (AvgIpc) is 2.00. The summed E-state index contributed by atoms with van der Waals surface area (Å²) in [6.07, 6.45) is 0. The number of nitrogens with zero attached hydrogens (tertiary/aromatic N) is 1. The first-order chi connectivity index (χ1) is 6.49. The molecule has 14 heavy (non-hydrogen) atoms. The quantitative estimate of drug-likeness (QED) is 0.614. The molecular weight excluding hydrogens is 174 g/mol. The van der Waals surface area contributed by atoms with Gasteiger partial charge in [0, 0.05) is 12.5 Å². The number of benzene rings is 1. The first-order valence-electron chi connectivity index (χ1n) is 4.84. The minimum Gasteiger partial charge on any atom is -0.443 e. The molecule has 2 nitrogen and oxygen atoms in total. The van der Waals surface area contributed by atoms with E-state index in [1.807, 2.05) is 6.92 Å². The molecule has 2 rings (SSSR count). The topological polar surface area (TPSA) is 21.6 Å². The molecule has 1 aliphatic heterocycles. The van der Waals surface area contributed by atoms with Crippen LogP contribution in [0.15, 0.2) is 23.2 Å². The molecule has 0 aromatic heterocycles. The molecule has 0 amide bonds. The van der Waals surface area contributed by atoms with Gasteiger partial charge >= 0.3 is 0 Å². The van der Waals surface area contributed by atoms with Gasteiger partial charge in [-0.3, -0.25) is 0 Å². The zero-order chi connectivity index (χ0) is 10.3. The van der Waals surface area contributed by atoms with Crippen LogP contribution >= 0.6 is 0 Å². The summed E-state index contributed by atoms with van der Waals surface area (Å²) in [6, 6.07) is 6.26. The van der Waals surface area contributed by atoms with Crippen LogP contribution in [-0.4, -0.2) is 5.90 Å². The second kappa shape index (κ2) is 2.84. The van der Waals surface area contributed by atoms with Crippen LogP contribution in [0, 0.1) is 6.92 Å². The molecule has 0 N–H and O–H groups in total. The highest BCUT2D eigenvalue weighted by atomic mass is 16.5. The standard InChI is InChI=1S/C12H15NO/c1-8-5-6-10-11(7-8)14-9(2)13-12(10,3)4/h5-7H,1-4H3. The Labute approximate surface area is 84.6 Å². The molecule has 0 unspecified atom stereocenters. The Balaban J connectivity index is 2.59. The summed E-state index contributed by atoms with van der Waals surface area (Å²) in [5, 5.41) is 0. The molecule has 0 saturated carbocycles. The highest BCUT2D eigenvalue weighted by Gasteiger charge is 2.28. The second-order valence-corrected chi connectivity index (χ2v) is 4.29. The number of aliphatic imine (C=N–C) groups is 1. The Kier molecular flexibility index (Phi) is 1.88. The van der Waals surface area contributed by atoms with E-state index >= 15 is 0 Å².